The largest absolute Gasteiger partial charge is 0.465 e. The van der Waals surface area contributed by atoms with Gasteiger partial charge in [0, 0.05) is 12.7 Å². The minimum absolute atomic E-state index is 0.409. The molecule has 1 N–H and O–H groups in total. The Balaban J connectivity index is 3.21. The summed E-state index contributed by atoms with van der Waals surface area (Å²) in [4.78, 5) is 12.1. The van der Waals surface area contributed by atoms with Crippen LogP contribution in [0.2, 0.25) is 0 Å². The average Bonchev–Trinajstić information content (AvgIpc) is 2.16. The second-order valence-electron chi connectivity index (χ2n) is 3.99. The topological polar surface area (TPSA) is 40.5 Å². The van der Waals surface area contributed by atoms with Gasteiger partial charge in [-0.15, -0.1) is 0 Å². The number of amides is 1. The number of anilines is 1. The van der Waals surface area contributed by atoms with Gasteiger partial charge in [0.25, 0.3) is 0 Å². The van der Waals surface area contributed by atoms with Crippen molar-refractivity contribution in [2.75, 3.05) is 11.9 Å². The fourth-order valence-electron chi connectivity index (χ4n) is 1.73. The van der Waals surface area contributed by atoms with E-state index in [0.717, 1.165) is 11.3 Å². The third-order valence-electron chi connectivity index (χ3n) is 2.62. The summed E-state index contributed by atoms with van der Waals surface area (Å²) >= 11 is 0. The zero-order chi connectivity index (χ0) is 11.6. The Labute approximate surface area is 90.3 Å². The summed E-state index contributed by atoms with van der Waals surface area (Å²) in [5.74, 6) is 0.409. The van der Waals surface area contributed by atoms with E-state index in [4.69, 9.17) is 5.11 Å². The van der Waals surface area contributed by atoms with Gasteiger partial charge in [0.05, 0.1) is 0 Å². The molecule has 3 heteroatoms. The van der Waals surface area contributed by atoms with E-state index >= 15 is 0 Å². The minimum Gasteiger partial charge on any atom is -0.465 e. The van der Waals surface area contributed by atoms with Crippen molar-refractivity contribution in [1.82, 2.24) is 0 Å². The third kappa shape index (κ3) is 2.29. The van der Waals surface area contributed by atoms with Gasteiger partial charge >= 0.3 is 6.09 Å². The summed E-state index contributed by atoms with van der Waals surface area (Å²) in [6, 6.07) is 5.77. The van der Waals surface area contributed by atoms with E-state index in [2.05, 4.69) is 13.8 Å². The van der Waals surface area contributed by atoms with Gasteiger partial charge in [-0.2, -0.15) is 0 Å². The Morgan fingerprint density at radius 3 is 2.47 bits per heavy atom. The summed E-state index contributed by atoms with van der Waals surface area (Å²) in [6.45, 7) is 6.17. The second-order valence-corrected chi connectivity index (χ2v) is 3.99. The average molecular weight is 207 g/mol. The zero-order valence-electron chi connectivity index (χ0n) is 9.61. The van der Waals surface area contributed by atoms with Crippen LogP contribution in [0.3, 0.4) is 0 Å². The number of carboxylic acid groups (broad SMARTS) is 1. The monoisotopic (exact) mass is 207 g/mol. The van der Waals surface area contributed by atoms with Gasteiger partial charge in [-0.05, 0) is 30.0 Å². The first-order valence-electron chi connectivity index (χ1n) is 5.01. The molecule has 0 unspecified atom stereocenters. The van der Waals surface area contributed by atoms with Crippen LogP contribution >= 0.6 is 0 Å². The molecule has 0 bridgehead atoms. The van der Waals surface area contributed by atoms with Gasteiger partial charge in [-0.3, -0.25) is 4.90 Å². The molecular formula is C12H17NO2. The van der Waals surface area contributed by atoms with Crippen molar-refractivity contribution in [1.29, 1.82) is 0 Å². The molecular weight excluding hydrogens is 190 g/mol. The number of rotatable bonds is 2. The van der Waals surface area contributed by atoms with E-state index in [1.807, 2.05) is 25.1 Å². The molecule has 82 valence electrons. The van der Waals surface area contributed by atoms with Crippen LogP contribution in [0.1, 0.15) is 30.9 Å². The quantitative estimate of drug-likeness (QED) is 0.808. The Kier molecular flexibility index (Phi) is 3.35. The van der Waals surface area contributed by atoms with Crippen LogP contribution in [0.4, 0.5) is 10.5 Å². The van der Waals surface area contributed by atoms with E-state index < -0.39 is 6.09 Å². The number of carbonyl (C=O) groups is 1. The normalized spacial score (nSPS) is 10.5. The van der Waals surface area contributed by atoms with Crippen LogP contribution < -0.4 is 4.90 Å². The Morgan fingerprint density at radius 2 is 2.00 bits per heavy atom. The molecule has 1 aromatic rings. The highest BCUT2D eigenvalue weighted by atomic mass is 16.4. The molecule has 0 heterocycles. The molecule has 0 atom stereocenters. The van der Waals surface area contributed by atoms with E-state index in [0.29, 0.717) is 5.92 Å². The number of benzene rings is 1. The Morgan fingerprint density at radius 1 is 1.40 bits per heavy atom. The van der Waals surface area contributed by atoms with Gasteiger partial charge in [-0.1, -0.05) is 26.0 Å². The van der Waals surface area contributed by atoms with Gasteiger partial charge < -0.3 is 5.11 Å². The Bertz CT molecular complexity index is 372. The maximum Gasteiger partial charge on any atom is 0.411 e. The summed E-state index contributed by atoms with van der Waals surface area (Å²) in [6.07, 6.45) is -0.931. The highest BCUT2D eigenvalue weighted by Gasteiger charge is 2.14. The summed E-state index contributed by atoms with van der Waals surface area (Å²) in [5, 5.41) is 8.92. The molecule has 0 spiro atoms. The number of hydrogen-bond acceptors (Lipinski definition) is 1. The lowest BCUT2D eigenvalue weighted by atomic mass is 9.96. The SMILES string of the molecule is Cc1c(C(C)C)cccc1N(C)C(=O)O. The lowest BCUT2D eigenvalue weighted by molar-refractivity contribution is 0.203. The van der Waals surface area contributed by atoms with E-state index in [1.165, 1.54) is 10.5 Å². The fourth-order valence-corrected chi connectivity index (χ4v) is 1.73. The van der Waals surface area contributed by atoms with Gasteiger partial charge in [0.2, 0.25) is 0 Å². The molecule has 1 aromatic carbocycles. The summed E-state index contributed by atoms with van der Waals surface area (Å²) in [5.41, 5.74) is 2.99. The van der Waals surface area contributed by atoms with Gasteiger partial charge in [0.15, 0.2) is 0 Å². The lowest BCUT2D eigenvalue weighted by Gasteiger charge is -2.19. The first-order valence-corrected chi connectivity index (χ1v) is 5.01. The lowest BCUT2D eigenvalue weighted by Crippen LogP contribution is -2.24. The van der Waals surface area contributed by atoms with Crippen LogP contribution in [0.15, 0.2) is 18.2 Å². The maximum absolute atomic E-state index is 10.9. The summed E-state index contributed by atoms with van der Waals surface area (Å²) < 4.78 is 0. The molecule has 15 heavy (non-hydrogen) atoms. The molecule has 1 rings (SSSR count). The second kappa shape index (κ2) is 4.34. The molecule has 3 nitrogen and oxygen atoms in total. The molecule has 0 fully saturated rings. The van der Waals surface area contributed by atoms with Crippen LogP contribution in [-0.2, 0) is 0 Å². The van der Waals surface area contributed by atoms with Crippen molar-refractivity contribution in [2.45, 2.75) is 26.7 Å². The van der Waals surface area contributed by atoms with Gasteiger partial charge in [-0.25, -0.2) is 4.79 Å². The molecule has 1 amide bonds. The van der Waals surface area contributed by atoms with Crippen molar-refractivity contribution in [3.8, 4) is 0 Å². The van der Waals surface area contributed by atoms with Crippen molar-refractivity contribution >= 4 is 11.8 Å². The van der Waals surface area contributed by atoms with Crippen LogP contribution in [0, 0.1) is 6.92 Å². The van der Waals surface area contributed by atoms with Crippen LogP contribution in [0.25, 0.3) is 0 Å². The highest BCUT2D eigenvalue weighted by molar-refractivity contribution is 5.86. The van der Waals surface area contributed by atoms with Gasteiger partial charge in [0.1, 0.15) is 0 Å². The van der Waals surface area contributed by atoms with Crippen molar-refractivity contribution < 1.29 is 9.90 Å². The molecule has 0 radical (unpaired) electrons. The first-order chi connectivity index (χ1) is 6.95. The van der Waals surface area contributed by atoms with E-state index in [-0.39, 0.29) is 0 Å². The third-order valence-corrected chi connectivity index (χ3v) is 2.62. The molecule has 0 aromatic heterocycles. The first kappa shape index (κ1) is 11.6. The van der Waals surface area contributed by atoms with Crippen molar-refractivity contribution in [2.24, 2.45) is 0 Å². The predicted octanol–water partition coefficient (Wildman–Crippen LogP) is 3.23. The van der Waals surface area contributed by atoms with E-state index in [9.17, 15) is 4.79 Å². The zero-order valence-corrected chi connectivity index (χ0v) is 9.61. The Hall–Kier alpha value is -1.51. The molecule has 0 saturated heterocycles. The molecule has 0 aliphatic heterocycles. The summed E-state index contributed by atoms with van der Waals surface area (Å²) in [7, 11) is 1.56. The molecule has 0 aliphatic carbocycles. The van der Waals surface area contributed by atoms with Crippen molar-refractivity contribution in [3.63, 3.8) is 0 Å². The smallest absolute Gasteiger partial charge is 0.411 e. The fraction of sp³-hybridized carbons (Fsp3) is 0.417. The molecule has 0 saturated carbocycles. The minimum atomic E-state index is -0.931. The highest BCUT2D eigenvalue weighted by Crippen LogP contribution is 2.27. The maximum atomic E-state index is 10.9. The standard InChI is InChI=1S/C12H17NO2/c1-8(2)10-6-5-7-11(9(10)3)13(4)12(14)15/h5-8H,1-4H3,(H,14,15). The van der Waals surface area contributed by atoms with Crippen molar-refractivity contribution in [3.05, 3.63) is 29.3 Å². The van der Waals surface area contributed by atoms with Crippen LogP contribution in [0.5, 0.6) is 0 Å². The van der Waals surface area contributed by atoms with Crippen LogP contribution in [-0.4, -0.2) is 18.2 Å². The van der Waals surface area contributed by atoms with E-state index in [1.54, 1.807) is 7.05 Å². The number of nitrogens with zero attached hydrogens (tertiary/aromatic N) is 1. The molecule has 0 aliphatic rings. The predicted molar refractivity (Wildman–Crippen MR) is 61.7 cm³/mol. The number of hydrogen-bond donors (Lipinski definition) is 1.